The molecule has 3 N–H and O–H groups in total. The van der Waals surface area contributed by atoms with E-state index in [1.165, 1.54) is 26.4 Å². The molecule has 2 aromatic rings. The van der Waals surface area contributed by atoms with Crippen LogP contribution < -0.4 is 9.47 Å². The summed E-state index contributed by atoms with van der Waals surface area (Å²) in [5.41, 5.74) is -0.436. The number of hydrogen-bond acceptors (Lipinski definition) is 7. The molecule has 0 fully saturated rings. The van der Waals surface area contributed by atoms with Crippen LogP contribution in [-0.4, -0.2) is 41.1 Å². The summed E-state index contributed by atoms with van der Waals surface area (Å²) in [7, 11) is 2.79. The number of ether oxygens (including phenoxy) is 2. The van der Waals surface area contributed by atoms with Crippen molar-refractivity contribution in [1.82, 2.24) is 0 Å². The Morgan fingerprint density at radius 2 is 1.62 bits per heavy atom. The van der Waals surface area contributed by atoms with Gasteiger partial charge in [-0.2, -0.15) is 0 Å². The third-order valence-electron chi connectivity index (χ3n) is 5.21. The first kappa shape index (κ1) is 20.7. The average molecular weight is 400 g/mol. The molecule has 0 aliphatic heterocycles. The normalized spacial score (nSPS) is 13.7. The first-order chi connectivity index (χ1) is 13.8. The molecule has 7 heteroatoms. The van der Waals surface area contributed by atoms with Crippen LogP contribution in [0.2, 0.25) is 0 Å². The van der Waals surface area contributed by atoms with E-state index < -0.39 is 29.2 Å². The Bertz CT molecular complexity index is 978. The number of unbranched alkanes of at least 4 members (excludes halogenated alkanes) is 2. The third-order valence-corrected chi connectivity index (χ3v) is 5.21. The number of rotatable bonds is 7. The minimum atomic E-state index is -1.16. The van der Waals surface area contributed by atoms with Crippen molar-refractivity contribution in [3.05, 3.63) is 46.0 Å². The smallest absolute Gasteiger partial charge is 0.201 e. The number of carbonyl (C=O) groups excluding carboxylic acids is 2. The maximum Gasteiger partial charge on any atom is 0.201 e. The number of aromatic hydroxyl groups is 2. The molecule has 2 aromatic carbocycles. The zero-order valence-electron chi connectivity index (χ0n) is 16.6. The third kappa shape index (κ3) is 3.42. The Balaban J connectivity index is 2.17. The van der Waals surface area contributed by atoms with Crippen molar-refractivity contribution < 1.29 is 34.4 Å². The van der Waals surface area contributed by atoms with E-state index >= 15 is 0 Å². The molecule has 154 valence electrons. The number of phenolic OH excluding ortho intramolecular Hbond substituents is 2. The summed E-state index contributed by atoms with van der Waals surface area (Å²) in [6.07, 6.45) is 1.67. The van der Waals surface area contributed by atoms with Gasteiger partial charge in [0.2, 0.25) is 5.78 Å². The SMILES string of the molecule is CCCCCC(O)c1c(O)cc2c(c1O)C(=O)c1c(OC)cc(OC)cc1C2=O. The predicted molar refractivity (Wildman–Crippen MR) is 105 cm³/mol. The van der Waals surface area contributed by atoms with Gasteiger partial charge in [-0.25, -0.2) is 0 Å². The van der Waals surface area contributed by atoms with E-state index in [1.54, 1.807) is 0 Å². The molecule has 0 heterocycles. The van der Waals surface area contributed by atoms with E-state index in [9.17, 15) is 24.9 Å². The van der Waals surface area contributed by atoms with Gasteiger partial charge in [-0.1, -0.05) is 26.2 Å². The van der Waals surface area contributed by atoms with Gasteiger partial charge in [-0.3, -0.25) is 9.59 Å². The molecule has 0 saturated heterocycles. The Labute approximate surface area is 168 Å². The molecule has 0 bridgehead atoms. The van der Waals surface area contributed by atoms with Crippen LogP contribution in [0.5, 0.6) is 23.0 Å². The monoisotopic (exact) mass is 400 g/mol. The van der Waals surface area contributed by atoms with Crippen molar-refractivity contribution in [3.8, 4) is 23.0 Å². The van der Waals surface area contributed by atoms with Gasteiger partial charge >= 0.3 is 0 Å². The summed E-state index contributed by atoms with van der Waals surface area (Å²) >= 11 is 0. The van der Waals surface area contributed by atoms with Crippen molar-refractivity contribution in [1.29, 1.82) is 0 Å². The molecule has 1 aliphatic rings. The zero-order valence-corrected chi connectivity index (χ0v) is 16.6. The molecule has 0 saturated carbocycles. The lowest BCUT2D eigenvalue weighted by atomic mass is 9.81. The van der Waals surface area contributed by atoms with E-state index in [0.29, 0.717) is 18.6 Å². The number of hydrogen-bond donors (Lipinski definition) is 3. The first-order valence-corrected chi connectivity index (χ1v) is 9.47. The maximum atomic E-state index is 13.2. The van der Waals surface area contributed by atoms with Gasteiger partial charge in [0.1, 0.15) is 23.0 Å². The molecule has 29 heavy (non-hydrogen) atoms. The van der Waals surface area contributed by atoms with E-state index in [4.69, 9.17) is 9.47 Å². The van der Waals surface area contributed by atoms with Crippen molar-refractivity contribution in [2.75, 3.05) is 14.2 Å². The van der Waals surface area contributed by atoms with Crippen molar-refractivity contribution in [2.45, 2.75) is 38.7 Å². The standard InChI is InChI=1S/C22H24O7/c1-4-5-6-7-14(23)19-15(24)10-13-18(22(19)27)21(26)17-12(20(13)25)8-11(28-2)9-16(17)29-3/h8-10,14,23-24,27H,4-7H2,1-3H3. The summed E-state index contributed by atoms with van der Waals surface area (Å²) < 4.78 is 10.4. The first-order valence-electron chi connectivity index (χ1n) is 9.47. The second-order valence-electron chi connectivity index (χ2n) is 7.00. The van der Waals surface area contributed by atoms with Crippen LogP contribution >= 0.6 is 0 Å². The average Bonchev–Trinajstić information content (AvgIpc) is 2.70. The molecule has 1 aliphatic carbocycles. The lowest BCUT2D eigenvalue weighted by Crippen LogP contribution is -2.23. The van der Waals surface area contributed by atoms with Crippen LogP contribution in [0.15, 0.2) is 18.2 Å². The second kappa shape index (κ2) is 8.13. The van der Waals surface area contributed by atoms with Gasteiger partial charge in [0.25, 0.3) is 0 Å². The molecule has 1 unspecified atom stereocenters. The van der Waals surface area contributed by atoms with Crippen LogP contribution in [0.25, 0.3) is 0 Å². The fourth-order valence-electron chi connectivity index (χ4n) is 3.69. The molecule has 0 amide bonds. The fourth-order valence-corrected chi connectivity index (χ4v) is 3.69. The molecule has 1 atom stereocenters. The van der Waals surface area contributed by atoms with E-state index in [0.717, 1.165) is 18.9 Å². The second-order valence-corrected chi connectivity index (χ2v) is 7.00. The van der Waals surface area contributed by atoms with Gasteiger partial charge < -0.3 is 24.8 Å². The van der Waals surface area contributed by atoms with E-state index in [1.807, 2.05) is 6.92 Å². The molecule has 0 spiro atoms. The molecule has 0 radical (unpaired) electrons. The minimum Gasteiger partial charge on any atom is -0.507 e. The highest BCUT2D eigenvalue weighted by Gasteiger charge is 2.38. The highest BCUT2D eigenvalue weighted by atomic mass is 16.5. The Morgan fingerprint density at radius 3 is 2.24 bits per heavy atom. The fraction of sp³-hybridized carbons (Fsp3) is 0.364. The van der Waals surface area contributed by atoms with Crippen molar-refractivity contribution in [3.63, 3.8) is 0 Å². The molecular weight excluding hydrogens is 376 g/mol. The lowest BCUT2D eigenvalue weighted by Gasteiger charge is -2.24. The van der Waals surface area contributed by atoms with Crippen molar-refractivity contribution >= 4 is 11.6 Å². The minimum absolute atomic E-state index is 0.0122. The largest absolute Gasteiger partial charge is 0.507 e. The number of aliphatic hydroxyl groups excluding tert-OH is 1. The van der Waals surface area contributed by atoms with Gasteiger partial charge in [-0.15, -0.1) is 0 Å². The quantitative estimate of drug-likeness (QED) is 0.520. The van der Waals surface area contributed by atoms with Crippen molar-refractivity contribution in [2.24, 2.45) is 0 Å². The highest BCUT2D eigenvalue weighted by molar-refractivity contribution is 6.30. The number of benzene rings is 2. The van der Waals surface area contributed by atoms with Gasteiger partial charge in [0, 0.05) is 17.2 Å². The number of ketones is 2. The summed E-state index contributed by atoms with van der Waals surface area (Å²) in [5, 5.41) is 31.6. The lowest BCUT2D eigenvalue weighted by molar-refractivity contribution is 0.0971. The van der Waals surface area contributed by atoms with Gasteiger partial charge in [0.05, 0.1) is 37.0 Å². The van der Waals surface area contributed by atoms with Crippen LogP contribution in [0.3, 0.4) is 0 Å². The maximum absolute atomic E-state index is 13.2. The molecule has 7 nitrogen and oxygen atoms in total. The van der Waals surface area contributed by atoms with Crippen LogP contribution in [-0.2, 0) is 0 Å². The van der Waals surface area contributed by atoms with Gasteiger partial charge in [-0.05, 0) is 18.6 Å². The zero-order chi connectivity index (χ0) is 21.3. The van der Waals surface area contributed by atoms with Gasteiger partial charge in [0.15, 0.2) is 5.78 Å². The predicted octanol–water partition coefficient (Wildman–Crippen LogP) is 3.50. The number of methoxy groups -OCH3 is 2. The topological polar surface area (TPSA) is 113 Å². The summed E-state index contributed by atoms with van der Waals surface area (Å²) in [5.74, 6) is -1.70. The highest BCUT2D eigenvalue weighted by Crippen LogP contribution is 2.45. The number of fused-ring (bicyclic) bond motifs is 2. The molecule has 0 aromatic heterocycles. The van der Waals surface area contributed by atoms with E-state index in [2.05, 4.69) is 0 Å². The van der Waals surface area contributed by atoms with Crippen LogP contribution in [0.1, 0.15) is 76.1 Å². The summed E-state index contributed by atoms with van der Waals surface area (Å²) in [6, 6.07) is 4.03. The summed E-state index contributed by atoms with van der Waals surface area (Å²) in [6.45, 7) is 2.02. The van der Waals surface area contributed by atoms with E-state index in [-0.39, 0.29) is 33.6 Å². The Hall–Kier alpha value is -3.06. The van der Waals surface area contributed by atoms with Crippen LogP contribution in [0, 0.1) is 0 Å². The number of carbonyl (C=O) groups is 2. The molecular formula is C22H24O7. The Kier molecular flexibility index (Phi) is 5.79. The molecule has 3 rings (SSSR count). The number of aliphatic hydroxyl groups is 1. The number of phenols is 2. The Morgan fingerprint density at radius 1 is 0.931 bits per heavy atom. The summed E-state index contributed by atoms with van der Waals surface area (Å²) in [4.78, 5) is 26.2. The van der Waals surface area contributed by atoms with Crippen LogP contribution in [0.4, 0.5) is 0 Å².